The third kappa shape index (κ3) is 3.03. The van der Waals surface area contributed by atoms with Gasteiger partial charge in [0.15, 0.2) is 0 Å². The van der Waals surface area contributed by atoms with E-state index >= 15 is 0 Å². The number of aliphatic carboxylic acids is 1. The SMILES string of the molecule is Cc1noc(C)c1CN1CCCCC1C(=O)O.Cl. The van der Waals surface area contributed by atoms with Crippen molar-refractivity contribution in [2.45, 2.75) is 45.7 Å². The van der Waals surface area contributed by atoms with Gasteiger partial charge in [0.05, 0.1) is 5.69 Å². The molecule has 2 rings (SSSR count). The standard InChI is InChI=1S/C12H18N2O3.ClH/c1-8-10(9(2)17-13-8)7-14-6-4-3-5-11(14)12(15)16;/h11H,3-7H2,1-2H3,(H,15,16);1H. The molecular weight excluding hydrogens is 256 g/mol. The van der Waals surface area contributed by atoms with Gasteiger partial charge in [-0.15, -0.1) is 12.4 Å². The van der Waals surface area contributed by atoms with Crippen molar-refractivity contribution in [1.29, 1.82) is 0 Å². The van der Waals surface area contributed by atoms with E-state index in [-0.39, 0.29) is 18.4 Å². The van der Waals surface area contributed by atoms with Crippen LogP contribution in [0.15, 0.2) is 4.52 Å². The van der Waals surface area contributed by atoms with Crippen molar-refractivity contribution in [3.05, 3.63) is 17.0 Å². The van der Waals surface area contributed by atoms with E-state index in [1.54, 1.807) is 0 Å². The Morgan fingerprint density at radius 3 is 2.78 bits per heavy atom. The molecule has 1 aromatic heterocycles. The molecule has 1 aliphatic heterocycles. The largest absolute Gasteiger partial charge is 0.480 e. The summed E-state index contributed by atoms with van der Waals surface area (Å²) < 4.78 is 5.11. The van der Waals surface area contributed by atoms with Crippen LogP contribution in [0.5, 0.6) is 0 Å². The second-order valence-corrected chi connectivity index (χ2v) is 4.62. The minimum Gasteiger partial charge on any atom is -0.480 e. The van der Waals surface area contributed by atoms with Gasteiger partial charge in [0.25, 0.3) is 0 Å². The van der Waals surface area contributed by atoms with Crippen LogP contribution >= 0.6 is 12.4 Å². The molecule has 0 radical (unpaired) electrons. The third-order valence-electron chi connectivity index (χ3n) is 3.44. The van der Waals surface area contributed by atoms with Gasteiger partial charge >= 0.3 is 5.97 Å². The van der Waals surface area contributed by atoms with Crippen molar-refractivity contribution in [3.8, 4) is 0 Å². The van der Waals surface area contributed by atoms with E-state index in [0.29, 0.717) is 6.54 Å². The number of rotatable bonds is 3. The molecule has 1 aromatic rings. The highest BCUT2D eigenvalue weighted by Gasteiger charge is 2.29. The molecule has 5 nitrogen and oxygen atoms in total. The number of carboxylic acids is 1. The number of aromatic nitrogens is 1. The fourth-order valence-electron chi connectivity index (χ4n) is 2.39. The number of hydrogen-bond donors (Lipinski definition) is 1. The van der Waals surface area contributed by atoms with Gasteiger partial charge in [-0.1, -0.05) is 11.6 Å². The molecule has 0 aliphatic carbocycles. The Hall–Kier alpha value is -1.07. The van der Waals surface area contributed by atoms with Crippen molar-refractivity contribution in [2.75, 3.05) is 6.54 Å². The van der Waals surface area contributed by atoms with Gasteiger partial charge in [0.1, 0.15) is 11.8 Å². The minimum absolute atomic E-state index is 0. The molecule has 0 bridgehead atoms. The van der Waals surface area contributed by atoms with Gasteiger partial charge in [-0.2, -0.15) is 0 Å². The fourth-order valence-corrected chi connectivity index (χ4v) is 2.39. The fraction of sp³-hybridized carbons (Fsp3) is 0.667. The molecule has 1 saturated heterocycles. The van der Waals surface area contributed by atoms with Crippen LogP contribution in [-0.4, -0.2) is 33.7 Å². The number of carboxylic acid groups (broad SMARTS) is 1. The summed E-state index contributed by atoms with van der Waals surface area (Å²) in [4.78, 5) is 13.2. The van der Waals surface area contributed by atoms with E-state index in [1.807, 2.05) is 18.7 Å². The lowest BCUT2D eigenvalue weighted by atomic mass is 10.0. The zero-order valence-electron chi connectivity index (χ0n) is 10.7. The zero-order chi connectivity index (χ0) is 12.4. The average Bonchev–Trinajstić information content (AvgIpc) is 2.61. The monoisotopic (exact) mass is 274 g/mol. The van der Waals surface area contributed by atoms with E-state index in [2.05, 4.69) is 5.16 Å². The van der Waals surface area contributed by atoms with Crippen molar-refractivity contribution >= 4 is 18.4 Å². The normalized spacial score (nSPS) is 20.4. The van der Waals surface area contributed by atoms with E-state index in [0.717, 1.165) is 42.8 Å². The van der Waals surface area contributed by atoms with Gasteiger partial charge in [-0.25, -0.2) is 0 Å². The van der Waals surface area contributed by atoms with Crippen LogP contribution in [0.25, 0.3) is 0 Å². The van der Waals surface area contributed by atoms with Crippen molar-refractivity contribution < 1.29 is 14.4 Å². The van der Waals surface area contributed by atoms with Crippen LogP contribution in [-0.2, 0) is 11.3 Å². The topological polar surface area (TPSA) is 66.6 Å². The van der Waals surface area contributed by atoms with Gasteiger partial charge in [-0.05, 0) is 33.2 Å². The van der Waals surface area contributed by atoms with Crippen LogP contribution in [0, 0.1) is 13.8 Å². The maximum absolute atomic E-state index is 11.2. The summed E-state index contributed by atoms with van der Waals surface area (Å²) in [5.41, 5.74) is 1.88. The number of nitrogens with zero attached hydrogens (tertiary/aromatic N) is 2. The molecule has 1 aliphatic rings. The average molecular weight is 275 g/mol. The van der Waals surface area contributed by atoms with Crippen LogP contribution in [0.1, 0.15) is 36.3 Å². The van der Waals surface area contributed by atoms with E-state index in [1.165, 1.54) is 0 Å². The van der Waals surface area contributed by atoms with Gasteiger partial charge in [-0.3, -0.25) is 9.69 Å². The molecule has 1 N–H and O–H groups in total. The molecule has 1 fully saturated rings. The summed E-state index contributed by atoms with van der Waals surface area (Å²) in [5.74, 6) is 0.0636. The van der Waals surface area contributed by atoms with Crippen LogP contribution in [0.2, 0.25) is 0 Å². The second kappa shape index (κ2) is 6.20. The van der Waals surface area contributed by atoms with E-state index in [4.69, 9.17) is 4.52 Å². The Morgan fingerprint density at radius 2 is 2.22 bits per heavy atom. The smallest absolute Gasteiger partial charge is 0.320 e. The summed E-state index contributed by atoms with van der Waals surface area (Å²) in [6.07, 6.45) is 2.79. The van der Waals surface area contributed by atoms with Crippen LogP contribution < -0.4 is 0 Å². The highest BCUT2D eigenvalue weighted by Crippen LogP contribution is 2.22. The van der Waals surface area contributed by atoms with Crippen LogP contribution in [0.4, 0.5) is 0 Å². The lowest BCUT2D eigenvalue weighted by Crippen LogP contribution is -2.44. The summed E-state index contributed by atoms with van der Waals surface area (Å²) in [6, 6.07) is -0.363. The Morgan fingerprint density at radius 1 is 1.50 bits per heavy atom. The van der Waals surface area contributed by atoms with Crippen molar-refractivity contribution in [1.82, 2.24) is 10.1 Å². The number of carbonyl (C=O) groups is 1. The molecular formula is C12H19ClN2O3. The molecule has 0 aromatic carbocycles. The quantitative estimate of drug-likeness (QED) is 0.915. The first-order valence-electron chi connectivity index (χ1n) is 5.98. The van der Waals surface area contributed by atoms with Gasteiger partial charge in [0.2, 0.25) is 0 Å². The van der Waals surface area contributed by atoms with Crippen molar-refractivity contribution in [3.63, 3.8) is 0 Å². The summed E-state index contributed by atoms with van der Waals surface area (Å²) in [7, 11) is 0. The molecule has 0 spiro atoms. The first kappa shape index (κ1) is 15.0. The Bertz CT molecular complexity index is 400. The maximum atomic E-state index is 11.2. The van der Waals surface area contributed by atoms with E-state index < -0.39 is 5.97 Å². The van der Waals surface area contributed by atoms with Gasteiger partial charge < -0.3 is 9.63 Å². The van der Waals surface area contributed by atoms with Gasteiger partial charge in [0, 0.05) is 12.1 Å². The predicted octanol–water partition coefficient (Wildman–Crippen LogP) is 2.15. The molecule has 18 heavy (non-hydrogen) atoms. The number of halogens is 1. The lowest BCUT2D eigenvalue weighted by Gasteiger charge is -2.32. The third-order valence-corrected chi connectivity index (χ3v) is 3.44. The lowest BCUT2D eigenvalue weighted by molar-refractivity contribution is -0.144. The first-order valence-corrected chi connectivity index (χ1v) is 5.98. The molecule has 2 heterocycles. The Balaban J connectivity index is 0.00000162. The Kier molecular flexibility index (Phi) is 5.16. The first-order chi connectivity index (χ1) is 8.09. The molecule has 102 valence electrons. The molecule has 6 heteroatoms. The van der Waals surface area contributed by atoms with E-state index in [9.17, 15) is 9.90 Å². The second-order valence-electron chi connectivity index (χ2n) is 4.62. The molecule has 1 unspecified atom stereocenters. The summed E-state index contributed by atoms with van der Waals surface area (Å²) in [5, 5.41) is 13.1. The number of likely N-dealkylation sites (tertiary alicyclic amines) is 1. The molecule has 1 atom stereocenters. The Labute approximate surface area is 113 Å². The predicted molar refractivity (Wildman–Crippen MR) is 68.9 cm³/mol. The molecule has 0 saturated carbocycles. The maximum Gasteiger partial charge on any atom is 0.320 e. The number of aryl methyl sites for hydroxylation is 2. The summed E-state index contributed by atoms with van der Waals surface area (Å²) in [6.45, 7) is 5.22. The minimum atomic E-state index is -0.725. The number of piperidine rings is 1. The molecule has 0 amide bonds. The zero-order valence-corrected chi connectivity index (χ0v) is 11.5. The van der Waals surface area contributed by atoms with Crippen LogP contribution in [0.3, 0.4) is 0 Å². The highest BCUT2D eigenvalue weighted by atomic mass is 35.5. The van der Waals surface area contributed by atoms with Crippen molar-refractivity contribution in [2.24, 2.45) is 0 Å². The number of hydrogen-bond acceptors (Lipinski definition) is 4. The summed E-state index contributed by atoms with van der Waals surface area (Å²) >= 11 is 0. The highest BCUT2D eigenvalue weighted by molar-refractivity contribution is 5.85.